The minimum atomic E-state index is -3.80. The van der Waals surface area contributed by atoms with Gasteiger partial charge in [-0.2, -0.15) is 10.1 Å². The van der Waals surface area contributed by atoms with Crippen molar-refractivity contribution in [1.82, 2.24) is 24.7 Å². The van der Waals surface area contributed by atoms with Crippen molar-refractivity contribution in [2.24, 2.45) is 5.14 Å². The highest BCUT2D eigenvalue weighted by Gasteiger charge is 2.29. The van der Waals surface area contributed by atoms with Gasteiger partial charge in [-0.05, 0) is 43.2 Å². The van der Waals surface area contributed by atoms with Gasteiger partial charge in [0.1, 0.15) is 9.77 Å². The van der Waals surface area contributed by atoms with Crippen LogP contribution in [-0.4, -0.2) is 33.2 Å². The molecule has 0 atom stereocenters. The van der Waals surface area contributed by atoms with Crippen LogP contribution in [0.25, 0.3) is 39.1 Å². The Hall–Kier alpha value is -3.12. The lowest BCUT2D eigenvalue weighted by Gasteiger charge is -2.08. The van der Waals surface area contributed by atoms with E-state index in [1.54, 1.807) is 12.3 Å². The van der Waals surface area contributed by atoms with Crippen molar-refractivity contribution in [3.8, 4) is 33.4 Å². The van der Waals surface area contributed by atoms with Gasteiger partial charge < -0.3 is 4.52 Å². The van der Waals surface area contributed by atoms with Crippen LogP contribution in [0.1, 0.15) is 24.5 Å². The summed E-state index contributed by atoms with van der Waals surface area (Å²) >= 11 is 7.03. The molecule has 1 aromatic carbocycles. The molecule has 2 N–H and O–H groups in total. The summed E-state index contributed by atoms with van der Waals surface area (Å²) in [4.78, 5) is 9.82. The maximum absolute atomic E-state index is 11.6. The van der Waals surface area contributed by atoms with Gasteiger partial charge in [0, 0.05) is 22.2 Å². The van der Waals surface area contributed by atoms with Crippen LogP contribution >= 0.6 is 22.9 Å². The van der Waals surface area contributed by atoms with Crippen LogP contribution in [0.5, 0.6) is 0 Å². The molecule has 1 saturated carbocycles. The first-order valence-electron chi connectivity index (χ1n) is 9.98. The first kappa shape index (κ1) is 20.5. The van der Waals surface area contributed by atoms with Gasteiger partial charge in [-0.15, -0.1) is 11.3 Å². The number of hydrogen-bond donors (Lipinski definition) is 1. The Morgan fingerprint density at radius 2 is 1.91 bits per heavy atom. The summed E-state index contributed by atoms with van der Waals surface area (Å²) in [6.07, 6.45) is 3.86. The Kier molecular flexibility index (Phi) is 4.63. The number of rotatable bonds is 5. The maximum Gasteiger partial charge on any atom is 0.263 e. The Balaban J connectivity index is 1.46. The van der Waals surface area contributed by atoms with Crippen LogP contribution in [0.2, 0.25) is 5.02 Å². The van der Waals surface area contributed by atoms with E-state index in [0.717, 1.165) is 41.1 Å². The number of sulfonamides is 1. The minimum absolute atomic E-state index is 0.0307. The molecule has 6 rings (SSSR count). The average Bonchev–Trinajstić information content (AvgIpc) is 3.17. The van der Waals surface area contributed by atoms with E-state index < -0.39 is 10.0 Å². The topological polar surface area (TPSA) is 129 Å². The normalized spacial score (nSPS) is 14.2. The van der Waals surface area contributed by atoms with Gasteiger partial charge in [-0.3, -0.25) is 0 Å². The first-order valence-corrected chi connectivity index (χ1v) is 12.7. The molecule has 166 valence electrons. The van der Waals surface area contributed by atoms with Gasteiger partial charge in [0.05, 0.1) is 16.8 Å². The molecular formula is C21H15ClN6O3S2. The quantitative estimate of drug-likeness (QED) is 0.381. The van der Waals surface area contributed by atoms with Gasteiger partial charge in [0.25, 0.3) is 5.89 Å². The number of nitrogens with two attached hydrogens (primary N) is 1. The summed E-state index contributed by atoms with van der Waals surface area (Å²) in [5, 5.41) is 14.4. The van der Waals surface area contributed by atoms with Crippen LogP contribution in [0, 0.1) is 0 Å². The molecule has 33 heavy (non-hydrogen) atoms. The molecule has 0 spiro atoms. The van der Waals surface area contributed by atoms with Crippen molar-refractivity contribution in [1.29, 1.82) is 0 Å². The highest BCUT2D eigenvalue weighted by Crippen LogP contribution is 2.42. The van der Waals surface area contributed by atoms with E-state index in [0.29, 0.717) is 27.0 Å². The van der Waals surface area contributed by atoms with E-state index in [9.17, 15) is 8.42 Å². The van der Waals surface area contributed by atoms with Gasteiger partial charge in [-0.25, -0.2) is 23.1 Å². The number of halogens is 1. The summed E-state index contributed by atoms with van der Waals surface area (Å²) in [6.45, 7) is 0. The molecule has 0 unspecified atom stereocenters. The summed E-state index contributed by atoms with van der Waals surface area (Å²) in [5.74, 6) is 0.934. The van der Waals surface area contributed by atoms with Gasteiger partial charge >= 0.3 is 0 Å². The molecule has 1 aliphatic carbocycles. The van der Waals surface area contributed by atoms with Crippen molar-refractivity contribution >= 4 is 38.6 Å². The third kappa shape index (κ3) is 3.72. The SMILES string of the molecule is NS(=O)(=O)c1ccc(-c2noc(-c3cnn4c(C5CC5)cc(-c5ccc(Cl)cc5)nc34)n2)s1. The van der Waals surface area contributed by atoms with Crippen molar-refractivity contribution in [2.75, 3.05) is 0 Å². The molecule has 1 fully saturated rings. The lowest BCUT2D eigenvalue weighted by atomic mass is 10.1. The van der Waals surface area contributed by atoms with E-state index in [1.807, 2.05) is 28.8 Å². The van der Waals surface area contributed by atoms with Gasteiger partial charge in [0.2, 0.25) is 15.8 Å². The minimum Gasteiger partial charge on any atom is -0.333 e. The largest absolute Gasteiger partial charge is 0.333 e. The molecule has 5 aromatic rings. The number of nitrogens with zero attached hydrogens (tertiary/aromatic N) is 5. The third-order valence-electron chi connectivity index (χ3n) is 5.37. The summed E-state index contributed by atoms with van der Waals surface area (Å²) in [5.41, 5.74) is 4.02. The average molecular weight is 499 g/mol. The smallest absolute Gasteiger partial charge is 0.263 e. The van der Waals surface area contributed by atoms with Crippen LogP contribution in [0.3, 0.4) is 0 Å². The van der Waals surface area contributed by atoms with Crippen molar-refractivity contribution in [3.63, 3.8) is 0 Å². The molecule has 4 aromatic heterocycles. The van der Waals surface area contributed by atoms with Crippen LogP contribution < -0.4 is 5.14 Å². The summed E-state index contributed by atoms with van der Waals surface area (Å²) in [7, 11) is -3.80. The van der Waals surface area contributed by atoms with E-state index >= 15 is 0 Å². The fraction of sp³-hybridized carbons (Fsp3) is 0.143. The van der Waals surface area contributed by atoms with E-state index in [-0.39, 0.29) is 15.9 Å². The lowest BCUT2D eigenvalue weighted by molar-refractivity contribution is 0.433. The molecule has 0 amide bonds. The Bertz CT molecular complexity index is 1620. The molecule has 1 aliphatic rings. The standard InChI is InChI=1S/C21H15ClN6O3S2/c22-13-5-3-11(4-6-13)15-9-16(12-1-2-12)28-20(25-15)14(10-24-28)21-26-19(27-31-21)17-7-8-18(32-17)33(23,29)30/h3-10,12H,1-2H2,(H2,23,29,30). The lowest BCUT2D eigenvalue weighted by Crippen LogP contribution is -2.09. The number of hydrogen-bond acceptors (Lipinski definition) is 8. The number of benzene rings is 1. The van der Waals surface area contributed by atoms with Gasteiger partial charge in [-0.1, -0.05) is 28.9 Å². The zero-order valence-electron chi connectivity index (χ0n) is 16.8. The number of thiophene rings is 1. The molecule has 0 radical (unpaired) electrons. The molecule has 4 heterocycles. The van der Waals surface area contributed by atoms with E-state index in [2.05, 4.69) is 21.3 Å². The molecule has 0 saturated heterocycles. The Morgan fingerprint density at radius 3 is 2.61 bits per heavy atom. The van der Waals surface area contributed by atoms with Crippen molar-refractivity contribution < 1.29 is 12.9 Å². The van der Waals surface area contributed by atoms with Crippen LogP contribution in [0.4, 0.5) is 0 Å². The third-order valence-corrected chi connectivity index (χ3v) is 8.15. The zero-order valence-corrected chi connectivity index (χ0v) is 19.2. The fourth-order valence-electron chi connectivity index (χ4n) is 3.60. The maximum atomic E-state index is 11.6. The second kappa shape index (κ2) is 7.45. The monoisotopic (exact) mass is 498 g/mol. The van der Waals surface area contributed by atoms with Crippen molar-refractivity contribution in [3.05, 3.63) is 59.4 Å². The van der Waals surface area contributed by atoms with Crippen LogP contribution in [-0.2, 0) is 10.0 Å². The first-order chi connectivity index (χ1) is 15.9. The summed E-state index contributed by atoms with van der Waals surface area (Å²) < 4.78 is 30.5. The molecule has 9 nitrogen and oxygen atoms in total. The molecular weight excluding hydrogens is 484 g/mol. The van der Waals surface area contributed by atoms with E-state index in [1.165, 1.54) is 6.07 Å². The van der Waals surface area contributed by atoms with Crippen molar-refractivity contribution in [2.45, 2.75) is 23.0 Å². The van der Waals surface area contributed by atoms with Crippen LogP contribution in [0.15, 0.2) is 57.4 Å². The number of fused-ring (bicyclic) bond motifs is 1. The highest BCUT2D eigenvalue weighted by molar-refractivity contribution is 7.91. The Labute approximate surface area is 196 Å². The molecule has 0 aliphatic heterocycles. The van der Waals surface area contributed by atoms with Gasteiger partial charge in [0.15, 0.2) is 5.65 Å². The van der Waals surface area contributed by atoms with E-state index in [4.69, 9.17) is 26.2 Å². The molecule has 0 bridgehead atoms. The zero-order chi connectivity index (χ0) is 22.7. The second-order valence-corrected chi connectivity index (χ2v) is 11.0. The molecule has 12 heteroatoms. The fourth-order valence-corrected chi connectivity index (χ4v) is 5.38. The Morgan fingerprint density at radius 1 is 1.12 bits per heavy atom. The summed E-state index contributed by atoms with van der Waals surface area (Å²) in [6, 6.07) is 12.6. The second-order valence-electron chi connectivity index (χ2n) is 7.73. The predicted molar refractivity (Wildman–Crippen MR) is 123 cm³/mol. The predicted octanol–water partition coefficient (Wildman–Crippen LogP) is 4.35. The number of primary sulfonamides is 1. The number of aromatic nitrogens is 5. The highest BCUT2D eigenvalue weighted by atomic mass is 35.5.